The lowest BCUT2D eigenvalue weighted by molar-refractivity contribution is 0.217. The van der Waals surface area contributed by atoms with Gasteiger partial charge in [0.05, 0.1) is 0 Å². The van der Waals surface area contributed by atoms with E-state index in [2.05, 4.69) is 29.5 Å². The summed E-state index contributed by atoms with van der Waals surface area (Å²) in [5, 5.41) is 0. The predicted molar refractivity (Wildman–Crippen MR) is 103 cm³/mol. The smallest absolute Gasteiger partial charge is 0.00237 e. The molecule has 124 valence electrons. The highest BCUT2D eigenvalue weighted by Gasteiger charge is 2.24. The van der Waals surface area contributed by atoms with Crippen LogP contribution in [0, 0.1) is 23.7 Å². The molecule has 2 fully saturated rings. The highest BCUT2D eigenvalue weighted by molar-refractivity contribution is 14.1. The summed E-state index contributed by atoms with van der Waals surface area (Å²) in [6.07, 6.45) is 21.3. The summed E-state index contributed by atoms with van der Waals surface area (Å²) in [5.41, 5.74) is 0. The molecule has 0 unspecified atom stereocenters. The van der Waals surface area contributed by atoms with E-state index in [1.165, 1.54) is 43.0 Å². The third-order valence-corrected chi connectivity index (χ3v) is 7.60. The fourth-order valence-electron chi connectivity index (χ4n) is 4.64. The monoisotopic (exact) mass is 404 g/mol. The molecule has 0 atom stereocenters. The fraction of sp³-hybridized carbons (Fsp3) is 1.00. The minimum Gasteiger partial charge on any atom is -0.0861 e. The summed E-state index contributed by atoms with van der Waals surface area (Å²) in [7, 11) is 0. The highest BCUT2D eigenvalue weighted by Crippen LogP contribution is 2.38. The predicted octanol–water partition coefficient (Wildman–Crippen LogP) is 7.39. The second-order valence-corrected chi connectivity index (χ2v) is 8.88. The topological polar surface area (TPSA) is 0 Å². The lowest BCUT2D eigenvalue weighted by atomic mass is 9.75. The molecule has 0 amide bonds. The van der Waals surface area contributed by atoms with Crippen LogP contribution in [-0.4, -0.2) is 4.43 Å². The van der Waals surface area contributed by atoms with Gasteiger partial charge < -0.3 is 0 Å². The van der Waals surface area contributed by atoms with Crippen LogP contribution in [0.15, 0.2) is 0 Å². The van der Waals surface area contributed by atoms with Crippen LogP contribution in [0.3, 0.4) is 0 Å². The number of alkyl halides is 1. The van der Waals surface area contributed by atoms with Gasteiger partial charge in [0.15, 0.2) is 0 Å². The van der Waals surface area contributed by atoms with E-state index >= 15 is 0 Å². The molecule has 0 aromatic rings. The van der Waals surface area contributed by atoms with Crippen LogP contribution in [0.2, 0.25) is 0 Å². The maximum Gasteiger partial charge on any atom is 0.00237 e. The fourth-order valence-corrected chi connectivity index (χ4v) is 5.52. The van der Waals surface area contributed by atoms with Crippen LogP contribution in [-0.2, 0) is 0 Å². The van der Waals surface area contributed by atoms with Gasteiger partial charge in [-0.05, 0) is 36.5 Å². The Hall–Kier alpha value is 0.730. The average molecular weight is 404 g/mol. The molecule has 0 aromatic carbocycles. The molecule has 1 heteroatoms. The van der Waals surface area contributed by atoms with Gasteiger partial charge in [-0.15, -0.1) is 0 Å². The van der Waals surface area contributed by atoms with Crippen molar-refractivity contribution in [2.24, 2.45) is 23.7 Å². The summed E-state index contributed by atoms with van der Waals surface area (Å²) >= 11 is 2.58. The van der Waals surface area contributed by atoms with Crippen LogP contribution in [0.4, 0.5) is 0 Å². The molecule has 0 bridgehead atoms. The van der Waals surface area contributed by atoms with E-state index in [-0.39, 0.29) is 0 Å². The number of unbranched alkanes of at least 4 members (excludes halogenated alkanes) is 2. The van der Waals surface area contributed by atoms with Crippen molar-refractivity contribution >= 4 is 22.6 Å². The molecular weight excluding hydrogens is 367 g/mol. The molecule has 0 nitrogen and oxygen atoms in total. The molecule has 0 radical (unpaired) electrons. The number of hydrogen-bond acceptors (Lipinski definition) is 0. The van der Waals surface area contributed by atoms with Crippen LogP contribution >= 0.6 is 22.6 Å². The Morgan fingerprint density at radius 3 is 1.48 bits per heavy atom. The first-order valence-electron chi connectivity index (χ1n) is 9.87. The first-order valence-corrected chi connectivity index (χ1v) is 11.4. The third kappa shape index (κ3) is 6.79. The zero-order valence-electron chi connectivity index (χ0n) is 14.3. The SMILES string of the molecule is CCCCC[C@H]1CC[C@H](CC[C@H]2CC[C@H](CI)CC2)CC1. The Morgan fingerprint density at radius 2 is 1.05 bits per heavy atom. The lowest BCUT2D eigenvalue weighted by Gasteiger charge is -2.31. The van der Waals surface area contributed by atoms with E-state index in [1.807, 2.05) is 0 Å². The van der Waals surface area contributed by atoms with Gasteiger partial charge in [0.1, 0.15) is 0 Å². The Morgan fingerprint density at radius 1 is 0.619 bits per heavy atom. The van der Waals surface area contributed by atoms with Crippen molar-refractivity contribution in [2.75, 3.05) is 4.43 Å². The summed E-state index contributed by atoms with van der Waals surface area (Å²) < 4.78 is 1.40. The van der Waals surface area contributed by atoms with Gasteiger partial charge in [-0.2, -0.15) is 0 Å². The molecule has 2 saturated carbocycles. The minimum atomic E-state index is 1.06. The van der Waals surface area contributed by atoms with Crippen molar-refractivity contribution in [3.8, 4) is 0 Å². The standard InChI is InChI=1S/C20H37I/c1-2-3-4-5-17-6-8-18(9-7-17)10-11-19-12-14-20(16-21)15-13-19/h17-20H,2-16H2,1H3/t17-,18-,19-,20-. The van der Waals surface area contributed by atoms with Gasteiger partial charge in [0.2, 0.25) is 0 Å². The molecule has 0 aliphatic heterocycles. The molecule has 2 aliphatic carbocycles. The van der Waals surface area contributed by atoms with E-state index in [0.29, 0.717) is 0 Å². The average Bonchev–Trinajstić information content (AvgIpc) is 2.55. The van der Waals surface area contributed by atoms with Crippen molar-refractivity contribution in [3.05, 3.63) is 0 Å². The second kappa shape index (κ2) is 10.5. The third-order valence-electron chi connectivity index (χ3n) is 6.35. The number of rotatable bonds is 8. The zero-order valence-corrected chi connectivity index (χ0v) is 16.5. The molecular formula is C20H37I. The van der Waals surface area contributed by atoms with Gasteiger partial charge in [0.25, 0.3) is 0 Å². The van der Waals surface area contributed by atoms with Crippen molar-refractivity contribution in [1.29, 1.82) is 0 Å². The van der Waals surface area contributed by atoms with Crippen molar-refractivity contribution < 1.29 is 0 Å². The number of hydrogen-bond donors (Lipinski definition) is 0. The molecule has 0 aromatic heterocycles. The van der Waals surface area contributed by atoms with Gasteiger partial charge in [-0.25, -0.2) is 0 Å². The summed E-state index contributed by atoms with van der Waals surface area (Å²) in [5.74, 6) is 4.33. The molecule has 2 aliphatic rings. The molecule has 0 heterocycles. The second-order valence-electron chi connectivity index (χ2n) is 8.00. The van der Waals surface area contributed by atoms with E-state index in [1.54, 1.807) is 51.4 Å². The zero-order chi connectivity index (χ0) is 14.9. The largest absolute Gasteiger partial charge is 0.0861 e. The molecule has 21 heavy (non-hydrogen) atoms. The first-order chi connectivity index (χ1) is 10.3. The quantitative estimate of drug-likeness (QED) is 0.225. The maximum absolute atomic E-state index is 2.58. The van der Waals surface area contributed by atoms with Gasteiger partial charge in [0, 0.05) is 4.43 Å². The van der Waals surface area contributed by atoms with E-state index in [4.69, 9.17) is 0 Å². The van der Waals surface area contributed by atoms with Gasteiger partial charge in [-0.3, -0.25) is 0 Å². The normalized spacial score (nSPS) is 34.0. The lowest BCUT2D eigenvalue weighted by Crippen LogP contribution is -2.18. The maximum atomic E-state index is 2.58. The Balaban J connectivity index is 1.53. The first kappa shape index (κ1) is 18.1. The molecule has 0 N–H and O–H groups in total. The van der Waals surface area contributed by atoms with Crippen molar-refractivity contribution in [2.45, 2.75) is 96.8 Å². The summed E-state index contributed by atoms with van der Waals surface area (Å²) in [4.78, 5) is 0. The van der Waals surface area contributed by atoms with Crippen LogP contribution < -0.4 is 0 Å². The van der Waals surface area contributed by atoms with E-state index < -0.39 is 0 Å². The highest BCUT2D eigenvalue weighted by atomic mass is 127. The van der Waals surface area contributed by atoms with Crippen LogP contribution in [0.5, 0.6) is 0 Å². The van der Waals surface area contributed by atoms with Gasteiger partial charge >= 0.3 is 0 Å². The Kier molecular flexibility index (Phi) is 9.03. The molecule has 0 spiro atoms. The minimum absolute atomic E-state index is 1.06. The molecule has 0 saturated heterocycles. The summed E-state index contributed by atoms with van der Waals surface area (Å²) in [6, 6.07) is 0. The Labute approximate surface area is 147 Å². The van der Waals surface area contributed by atoms with Crippen LogP contribution in [0.25, 0.3) is 0 Å². The molecule has 2 rings (SSSR count). The van der Waals surface area contributed by atoms with Gasteiger partial charge in [-0.1, -0.05) is 107 Å². The van der Waals surface area contributed by atoms with E-state index in [9.17, 15) is 0 Å². The Bertz CT molecular complexity index is 247. The van der Waals surface area contributed by atoms with Crippen molar-refractivity contribution in [1.82, 2.24) is 0 Å². The summed E-state index contributed by atoms with van der Waals surface area (Å²) in [6.45, 7) is 2.32. The van der Waals surface area contributed by atoms with Crippen molar-refractivity contribution in [3.63, 3.8) is 0 Å². The van der Waals surface area contributed by atoms with E-state index in [0.717, 1.165) is 23.7 Å². The van der Waals surface area contributed by atoms with Crippen LogP contribution in [0.1, 0.15) is 96.8 Å². The number of halogens is 1.